The summed E-state index contributed by atoms with van der Waals surface area (Å²) in [4.78, 5) is 33.3. The summed E-state index contributed by atoms with van der Waals surface area (Å²) in [7, 11) is -3.70. The van der Waals surface area contributed by atoms with Crippen LogP contribution < -0.4 is 9.46 Å². The maximum Gasteiger partial charge on any atom is 0.303 e. The number of carboxylic acid groups (broad SMARTS) is 1. The van der Waals surface area contributed by atoms with Crippen LogP contribution in [0.2, 0.25) is 0 Å². The third kappa shape index (κ3) is 5.77. The average Bonchev–Trinajstić information content (AvgIpc) is 2.60. The number of ketones is 1. The second kappa shape index (κ2) is 8.48. The van der Waals surface area contributed by atoms with Gasteiger partial charge in [0, 0.05) is 12.5 Å². The fourth-order valence-electron chi connectivity index (χ4n) is 2.25. The van der Waals surface area contributed by atoms with Gasteiger partial charge in [-0.1, -0.05) is 12.1 Å². The van der Waals surface area contributed by atoms with E-state index in [9.17, 15) is 28.1 Å². The average molecular weight is 408 g/mol. The number of aliphatic carboxylic acids is 1. The van der Waals surface area contributed by atoms with Crippen molar-refractivity contribution in [1.82, 2.24) is 0 Å². The molecule has 0 amide bonds. The molecule has 0 heterocycles. The number of benzene rings is 2. The topological polar surface area (TPSA) is 153 Å². The molecule has 0 saturated heterocycles. The number of non-ortho nitro benzene ring substituents is 1. The van der Waals surface area contributed by atoms with Crippen LogP contribution in [0.5, 0.6) is 11.5 Å². The van der Waals surface area contributed by atoms with Crippen molar-refractivity contribution in [2.45, 2.75) is 12.8 Å². The molecule has 0 bridgehead atoms. The molecule has 0 aliphatic heterocycles. The second-order valence-electron chi connectivity index (χ2n) is 5.73. The van der Waals surface area contributed by atoms with E-state index in [4.69, 9.17) is 9.84 Å². The van der Waals surface area contributed by atoms with Gasteiger partial charge in [0.1, 0.15) is 5.75 Å². The maximum absolute atomic E-state index is 12.3. The van der Waals surface area contributed by atoms with Gasteiger partial charge in [0.2, 0.25) is 10.0 Å². The summed E-state index contributed by atoms with van der Waals surface area (Å²) < 4.78 is 30.9. The minimum absolute atomic E-state index is 0.00920. The molecular weight excluding hydrogens is 392 g/mol. The molecule has 2 rings (SSSR count). The van der Waals surface area contributed by atoms with E-state index in [0.717, 1.165) is 18.4 Å². The summed E-state index contributed by atoms with van der Waals surface area (Å²) in [6.45, 7) is 0. The molecule has 0 aliphatic carbocycles. The normalized spacial score (nSPS) is 10.9. The highest BCUT2D eigenvalue weighted by molar-refractivity contribution is 7.92. The first-order valence-electron chi connectivity index (χ1n) is 7.85. The molecule has 0 saturated carbocycles. The lowest BCUT2D eigenvalue weighted by molar-refractivity contribution is -0.384. The molecule has 0 aromatic heterocycles. The molecule has 0 aliphatic rings. The highest BCUT2D eigenvalue weighted by Gasteiger charge is 2.19. The molecule has 2 aromatic rings. The van der Waals surface area contributed by atoms with Crippen LogP contribution in [0, 0.1) is 10.1 Å². The van der Waals surface area contributed by atoms with Crippen LogP contribution in [-0.2, 0) is 14.8 Å². The van der Waals surface area contributed by atoms with E-state index in [-0.39, 0.29) is 41.3 Å². The highest BCUT2D eigenvalue weighted by Crippen LogP contribution is 2.35. The van der Waals surface area contributed by atoms with E-state index < -0.39 is 26.7 Å². The first kappa shape index (κ1) is 20.8. The molecule has 148 valence electrons. The standard InChI is InChI=1S/C17H16N2O8S/c1-28(25,26)18-13-7-6-11(19(23)24)10-16(13)27-15-5-3-2-4-12(15)14(20)8-9-17(21)22/h2-7,10,18H,8-9H2,1H3,(H,21,22). The number of ether oxygens (including phenoxy) is 1. The number of carbonyl (C=O) groups excluding carboxylic acids is 1. The lowest BCUT2D eigenvalue weighted by Gasteiger charge is -2.14. The third-order valence-corrected chi connectivity index (χ3v) is 4.04. The first-order chi connectivity index (χ1) is 13.1. The summed E-state index contributed by atoms with van der Waals surface area (Å²) in [5.74, 6) is -1.81. The van der Waals surface area contributed by atoms with Gasteiger partial charge in [-0.15, -0.1) is 0 Å². The number of para-hydroxylation sites is 1. The monoisotopic (exact) mass is 408 g/mol. The van der Waals surface area contributed by atoms with Crippen LogP contribution in [0.1, 0.15) is 23.2 Å². The number of nitrogens with zero attached hydrogens (tertiary/aromatic N) is 1. The van der Waals surface area contributed by atoms with E-state index >= 15 is 0 Å². The molecular formula is C17H16N2O8S. The Kier molecular flexibility index (Phi) is 6.31. The van der Waals surface area contributed by atoms with Crippen molar-refractivity contribution in [3.05, 3.63) is 58.1 Å². The Morgan fingerprint density at radius 3 is 2.43 bits per heavy atom. The summed E-state index contributed by atoms with van der Waals surface area (Å²) >= 11 is 0. The Hall–Kier alpha value is -3.47. The van der Waals surface area contributed by atoms with E-state index in [1.54, 1.807) is 12.1 Å². The quantitative estimate of drug-likeness (QED) is 0.365. The number of anilines is 1. The molecule has 2 N–H and O–H groups in total. The molecule has 28 heavy (non-hydrogen) atoms. The van der Waals surface area contributed by atoms with E-state index in [1.807, 2.05) is 0 Å². The molecule has 2 aromatic carbocycles. The van der Waals surface area contributed by atoms with Gasteiger partial charge in [0.25, 0.3) is 5.69 Å². The number of nitrogens with one attached hydrogen (secondary N) is 1. The highest BCUT2D eigenvalue weighted by atomic mass is 32.2. The number of carboxylic acids is 1. The van der Waals surface area contributed by atoms with Crippen molar-refractivity contribution >= 4 is 33.2 Å². The van der Waals surface area contributed by atoms with Crippen molar-refractivity contribution in [2.75, 3.05) is 11.0 Å². The van der Waals surface area contributed by atoms with Gasteiger partial charge >= 0.3 is 5.97 Å². The molecule has 0 unspecified atom stereocenters. The van der Waals surface area contributed by atoms with Gasteiger partial charge in [-0.3, -0.25) is 24.4 Å². The lowest BCUT2D eigenvalue weighted by atomic mass is 10.1. The second-order valence-corrected chi connectivity index (χ2v) is 7.48. The Balaban J connectivity index is 2.44. The maximum atomic E-state index is 12.3. The number of Topliss-reactive ketones (excluding diaryl/α,β-unsaturated/α-hetero) is 1. The number of nitro benzene ring substituents is 1. The van der Waals surface area contributed by atoms with E-state index in [2.05, 4.69) is 4.72 Å². The zero-order valence-corrected chi connectivity index (χ0v) is 15.4. The largest absolute Gasteiger partial charge is 0.481 e. The van der Waals surface area contributed by atoms with Crippen molar-refractivity contribution in [3.8, 4) is 11.5 Å². The Bertz CT molecular complexity index is 1030. The number of rotatable bonds is 9. The first-order valence-corrected chi connectivity index (χ1v) is 9.74. The number of nitro groups is 1. The van der Waals surface area contributed by atoms with Crippen LogP contribution in [0.15, 0.2) is 42.5 Å². The Morgan fingerprint density at radius 2 is 1.82 bits per heavy atom. The molecule has 0 fully saturated rings. The predicted octanol–water partition coefficient (Wildman–Crippen LogP) is 2.81. The van der Waals surface area contributed by atoms with Crippen molar-refractivity contribution < 1.29 is 32.8 Å². The van der Waals surface area contributed by atoms with Gasteiger partial charge in [-0.2, -0.15) is 0 Å². The van der Waals surface area contributed by atoms with Gasteiger partial charge in [-0.05, 0) is 18.2 Å². The third-order valence-electron chi connectivity index (χ3n) is 3.44. The van der Waals surface area contributed by atoms with Gasteiger partial charge in [0.15, 0.2) is 11.5 Å². The summed E-state index contributed by atoms with van der Waals surface area (Å²) in [5, 5.41) is 19.8. The van der Waals surface area contributed by atoms with Crippen molar-refractivity contribution in [3.63, 3.8) is 0 Å². The lowest BCUT2D eigenvalue weighted by Crippen LogP contribution is -2.11. The molecule has 11 heteroatoms. The zero-order chi connectivity index (χ0) is 20.9. The van der Waals surface area contributed by atoms with Crippen LogP contribution >= 0.6 is 0 Å². The van der Waals surface area contributed by atoms with Crippen LogP contribution in [0.4, 0.5) is 11.4 Å². The van der Waals surface area contributed by atoms with Gasteiger partial charge < -0.3 is 9.84 Å². The van der Waals surface area contributed by atoms with Crippen LogP contribution in [0.3, 0.4) is 0 Å². The minimum atomic E-state index is -3.70. The predicted molar refractivity (Wildman–Crippen MR) is 99.3 cm³/mol. The van der Waals surface area contributed by atoms with Crippen molar-refractivity contribution in [2.24, 2.45) is 0 Å². The van der Waals surface area contributed by atoms with E-state index in [1.165, 1.54) is 18.2 Å². The van der Waals surface area contributed by atoms with Crippen LogP contribution in [0.25, 0.3) is 0 Å². The summed E-state index contributed by atoms with van der Waals surface area (Å²) in [6, 6.07) is 9.21. The summed E-state index contributed by atoms with van der Waals surface area (Å²) in [6.07, 6.45) is 0.269. The summed E-state index contributed by atoms with van der Waals surface area (Å²) in [5.41, 5.74) is -0.329. The van der Waals surface area contributed by atoms with Crippen molar-refractivity contribution in [1.29, 1.82) is 0 Å². The number of hydrogen-bond donors (Lipinski definition) is 2. The number of hydrogen-bond acceptors (Lipinski definition) is 7. The molecule has 0 spiro atoms. The van der Waals surface area contributed by atoms with Gasteiger partial charge in [-0.25, -0.2) is 8.42 Å². The number of sulfonamides is 1. The number of carbonyl (C=O) groups is 2. The minimum Gasteiger partial charge on any atom is -0.481 e. The zero-order valence-electron chi connectivity index (χ0n) is 14.6. The fraction of sp³-hybridized carbons (Fsp3) is 0.176. The molecule has 0 radical (unpaired) electrons. The van der Waals surface area contributed by atoms with Crippen LogP contribution in [-0.4, -0.2) is 36.5 Å². The molecule has 0 atom stereocenters. The Morgan fingerprint density at radius 1 is 1.14 bits per heavy atom. The fourth-order valence-corrected chi connectivity index (χ4v) is 2.82. The smallest absolute Gasteiger partial charge is 0.303 e. The Labute approximate surface area is 160 Å². The van der Waals surface area contributed by atoms with Gasteiger partial charge in [0.05, 0.1) is 34.9 Å². The SMILES string of the molecule is CS(=O)(=O)Nc1ccc([N+](=O)[O-])cc1Oc1ccccc1C(=O)CCC(=O)O. The molecule has 10 nitrogen and oxygen atoms in total. The van der Waals surface area contributed by atoms with E-state index in [0.29, 0.717) is 0 Å².